The summed E-state index contributed by atoms with van der Waals surface area (Å²) in [7, 11) is 1.17. The summed E-state index contributed by atoms with van der Waals surface area (Å²) >= 11 is 0. The fraction of sp³-hybridized carbons (Fsp3) is 0.333. The molecule has 0 bridgehead atoms. The van der Waals surface area contributed by atoms with Crippen LogP contribution in [0.15, 0.2) is 12.1 Å². The first kappa shape index (κ1) is 15.8. The Bertz CT molecular complexity index is 550. The van der Waals surface area contributed by atoms with Crippen LogP contribution in [-0.2, 0) is 22.5 Å². The first-order chi connectivity index (χ1) is 9.30. The molecule has 8 heteroatoms. The van der Waals surface area contributed by atoms with Crippen molar-refractivity contribution in [3.05, 3.63) is 28.8 Å². The highest BCUT2D eigenvalue weighted by atomic mass is 19.4. The Hall–Kier alpha value is -2.27. The normalized spacial score (nSPS) is 10.8. The minimum absolute atomic E-state index is 0.0419. The maximum Gasteiger partial charge on any atom is 0.573 e. The molecular weight excluding hydrogens is 277 g/mol. The largest absolute Gasteiger partial charge is 0.573 e. The van der Waals surface area contributed by atoms with Crippen molar-refractivity contribution in [2.24, 2.45) is 5.73 Å². The van der Waals surface area contributed by atoms with Gasteiger partial charge in [-0.05, 0) is 17.7 Å². The summed E-state index contributed by atoms with van der Waals surface area (Å²) in [6, 6.07) is 3.85. The second kappa shape index (κ2) is 6.25. The third-order valence-electron chi connectivity index (χ3n) is 2.41. The molecule has 20 heavy (non-hydrogen) atoms. The van der Waals surface area contributed by atoms with Crippen LogP contribution in [0.1, 0.15) is 16.7 Å². The maximum absolute atomic E-state index is 12.2. The third-order valence-corrected chi connectivity index (χ3v) is 2.41. The molecule has 0 spiro atoms. The Balaban J connectivity index is 3.24. The van der Waals surface area contributed by atoms with E-state index < -0.39 is 18.1 Å². The molecule has 0 aliphatic carbocycles. The maximum atomic E-state index is 12.2. The van der Waals surface area contributed by atoms with Crippen LogP contribution in [0.2, 0.25) is 0 Å². The Morgan fingerprint density at radius 2 is 2.05 bits per heavy atom. The molecule has 0 saturated heterocycles. The van der Waals surface area contributed by atoms with Crippen LogP contribution < -0.4 is 10.5 Å². The van der Waals surface area contributed by atoms with Crippen LogP contribution in [0, 0.1) is 11.3 Å². The molecule has 0 unspecified atom stereocenters. The molecule has 108 valence electrons. The van der Waals surface area contributed by atoms with Gasteiger partial charge in [-0.15, -0.1) is 13.2 Å². The van der Waals surface area contributed by atoms with Crippen molar-refractivity contribution in [1.29, 1.82) is 5.26 Å². The van der Waals surface area contributed by atoms with E-state index in [1.54, 1.807) is 6.07 Å². The summed E-state index contributed by atoms with van der Waals surface area (Å²) in [5.74, 6) is -1.17. The molecule has 0 aromatic heterocycles. The highest BCUT2D eigenvalue weighted by molar-refractivity contribution is 5.73. The molecule has 0 aliphatic heterocycles. The van der Waals surface area contributed by atoms with Gasteiger partial charge in [0.1, 0.15) is 5.75 Å². The number of benzene rings is 1. The number of halogens is 3. The van der Waals surface area contributed by atoms with Gasteiger partial charge in [-0.2, -0.15) is 5.26 Å². The van der Waals surface area contributed by atoms with E-state index >= 15 is 0 Å². The van der Waals surface area contributed by atoms with Crippen molar-refractivity contribution in [3.63, 3.8) is 0 Å². The van der Waals surface area contributed by atoms with Gasteiger partial charge in [0, 0.05) is 12.1 Å². The zero-order valence-corrected chi connectivity index (χ0v) is 10.5. The van der Waals surface area contributed by atoms with Crippen molar-refractivity contribution in [1.82, 2.24) is 0 Å². The van der Waals surface area contributed by atoms with Crippen LogP contribution in [-0.4, -0.2) is 19.4 Å². The average Bonchev–Trinajstić information content (AvgIpc) is 2.37. The molecule has 1 aromatic carbocycles. The summed E-state index contributed by atoms with van der Waals surface area (Å²) in [5.41, 5.74) is 5.51. The van der Waals surface area contributed by atoms with E-state index in [1.807, 2.05) is 0 Å². The third kappa shape index (κ3) is 4.13. The molecule has 1 aromatic rings. The number of ether oxygens (including phenoxy) is 2. The lowest BCUT2D eigenvalue weighted by Crippen LogP contribution is -2.19. The molecule has 0 aliphatic rings. The SMILES string of the molecule is COC(=O)Cc1cc(CN)c(OC(F)(F)F)cc1C#N. The summed E-state index contributed by atoms with van der Waals surface area (Å²) in [6.07, 6.45) is -5.13. The molecule has 0 heterocycles. The lowest BCUT2D eigenvalue weighted by atomic mass is 10.0. The monoisotopic (exact) mass is 288 g/mol. The van der Waals surface area contributed by atoms with Crippen LogP contribution in [0.4, 0.5) is 13.2 Å². The number of alkyl halides is 3. The van der Waals surface area contributed by atoms with Crippen LogP contribution in [0.3, 0.4) is 0 Å². The van der Waals surface area contributed by atoms with E-state index in [2.05, 4.69) is 9.47 Å². The standard InChI is InChI=1S/C12H11F3N2O3/c1-19-11(18)4-7-2-9(6-17)10(3-8(7)5-16)20-12(13,14)15/h2-3H,4,6,17H2,1H3. The van der Waals surface area contributed by atoms with E-state index in [1.165, 1.54) is 13.2 Å². The fourth-order valence-electron chi connectivity index (χ4n) is 1.53. The predicted octanol–water partition coefficient (Wildman–Crippen LogP) is 1.63. The highest BCUT2D eigenvalue weighted by Gasteiger charge is 2.32. The van der Waals surface area contributed by atoms with Gasteiger partial charge in [-0.3, -0.25) is 4.79 Å². The molecule has 0 amide bonds. The van der Waals surface area contributed by atoms with E-state index in [9.17, 15) is 18.0 Å². The Kier molecular flexibility index (Phi) is 4.94. The number of esters is 1. The number of carbonyl (C=O) groups excluding carboxylic acids is 1. The zero-order valence-electron chi connectivity index (χ0n) is 10.5. The van der Waals surface area contributed by atoms with Gasteiger partial charge in [-0.25, -0.2) is 0 Å². The molecule has 2 N–H and O–H groups in total. The van der Waals surface area contributed by atoms with Gasteiger partial charge >= 0.3 is 12.3 Å². The molecule has 0 radical (unpaired) electrons. The van der Waals surface area contributed by atoms with Crippen molar-refractivity contribution in [2.45, 2.75) is 19.3 Å². The minimum Gasteiger partial charge on any atom is -0.469 e. The lowest BCUT2D eigenvalue weighted by Gasteiger charge is -2.14. The molecular formula is C12H11F3N2O3. The fourth-order valence-corrected chi connectivity index (χ4v) is 1.53. The molecule has 0 fully saturated rings. The van der Waals surface area contributed by atoms with E-state index in [4.69, 9.17) is 11.0 Å². The number of hydrogen-bond donors (Lipinski definition) is 1. The molecule has 1 rings (SSSR count). The van der Waals surface area contributed by atoms with Crippen molar-refractivity contribution < 1.29 is 27.4 Å². The summed E-state index contributed by atoms with van der Waals surface area (Å²) in [6.45, 7) is -0.231. The van der Waals surface area contributed by atoms with Gasteiger partial charge in [0.05, 0.1) is 25.2 Å². The number of rotatable bonds is 4. The van der Waals surface area contributed by atoms with Gasteiger partial charge in [0.2, 0.25) is 0 Å². The van der Waals surface area contributed by atoms with E-state index in [0.717, 1.165) is 6.07 Å². The first-order valence-corrected chi connectivity index (χ1v) is 5.39. The number of nitriles is 1. The van der Waals surface area contributed by atoms with Gasteiger partial charge in [0.25, 0.3) is 0 Å². The number of hydrogen-bond acceptors (Lipinski definition) is 5. The van der Waals surface area contributed by atoms with Gasteiger partial charge in [0.15, 0.2) is 0 Å². The van der Waals surface area contributed by atoms with Crippen LogP contribution in [0.25, 0.3) is 0 Å². The Morgan fingerprint density at radius 1 is 1.40 bits per heavy atom. The quantitative estimate of drug-likeness (QED) is 0.851. The Morgan fingerprint density at radius 3 is 2.50 bits per heavy atom. The van der Waals surface area contributed by atoms with Crippen molar-refractivity contribution in [2.75, 3.05) is 7.11 Å². The summed E-state index contributed by atoms with van der Waals surface area (Å²) in [4.78, 5) is 11.2. The van der Waals surface area contributed by atoms with Crippen molar-refractivity contribution >= 4 is 5.97 Å². The number of nitrogens with two attached hydrogens (primary N) is 1. The summed E-state index contributed by atoms with van der Waals surface area (Å²) < 4.78 is 45.0. The second-order valence-electron chi connectivity index (χ2n) is 3.73. The smallest absolute Gasteiger partial charge is 0.469 e. The topological polar surface area (TPSA) is 85.3 Å². The predicted molar refractivity (Wildman–Crippen MR) is 61.5 cm³/mol. The Labute approximate surface area is 112 Å². The highest BCUT2D eigenvalue weighted by Crippen LogP contribution is 2.29. The van der Waals surface area contributed by atoms with Gasteiger partial charge < -0.3 is 15.2 Å². The van der Waals surface area contributed by atoms with E-state index in [-0.39, 0.29) is 29.7 Å². The number of nitrogens with zero attached hydrogens (tertiary/aromatic N) is 1. The minimum atomic E-state index is -4.89. The first-order valence-electron chi connectivity index (χ1n) is 5.39. The zero-order chi connectivity index (χ0) is 15.3. The van der Waals surface area contributed by atoms with Crippen LogP contribution >= 0.6 is 0 Å². The van der Waals surface area contributed by atoms with Gasteiger partial charge in [-0.1, -0.05) is 0 Å². The van der Waals surface area contributed by atoms with Crippen LogP contribution in [0.5, 0.6) is 5.75 Å². The molecule has 0 saturated carbocycles. The molecule has 5 nitrogen and oxygen atoms in total. The average molecular weight is 288 g/mol. The number of carbonyl (C=O) groups is 1. The molecule has 0 atom stereocenters. The lowest BCUT2D eigenvalue weighted by molar-refractivity contribution is -0.274. The second-order valence-corrected chi connectivity index (χ2v) is 3.73. The van der Waals surface area contributed by atoms with E-state index in [0.29, 0.717) is 0 Å². The number of methoxy groups -OCH3 is 1. The summed E-state index contributed by atoms with van der Waals surface area (Å²) in [5, 5.41) is 8.92. The van der Waals surface area contributed by atoms with Crippen molar-refractivity contribution in [3.8, 4) is 11.8 Å².